The maximum atomic E-state index is 13.9. The number of rotatable bonds is 18. The molecule has 0 unspecified atom stereocenters. The second kappa shape index (κ2) is 21.8. The van der Waals surface area contributed by atoms with E-state index in [2.05, 4.69) is 0 Å². The second-order valence-corrected chi connectivity index (χ2v) is 14.6. The van der Waals surface area contributed by atoms with E-state index in [4.69, 9.17) is 18.9 Å². The Morgan fingerprint density at radius 1 is 0.944 bits per heavy atom. The maximum absolute atomic E-state index is 13.9. The van der Waals surface area contributed by atoms with Gasteiger partial charge in [0.1, 0.15) is 36.6 Å². The number of aliphatic carboxylic acids is 1. The molecule has 0 radical (unpaired) electrons. The molecule has 1 N–H and O–H groups in total. The molecule has 1 heterocycles. The predicted molar refractivity (Wildman–Crippen MR) is 199 cm³/mol. The predicted octanol–water partition coefficient (Wildman–Crippen LogP) is 6.95. The number of carboxylic acid groups (broad SMARTS) is 1. The summed E-state index contributed by atoms with van der Waals surface area (Å²) in [6, 6.07) is 6.13. The van der Waals surface area contributed by atoms with Gasteiger partial charge in [0.25, 0.3) is 5.91 Å². The van der Waals surface area contributed by atoms with Crippen molar-refractivity contribution in [1.82, 2.24) is 4.90 Å². The van der Waals surface area contributed by atoms with E-state index in [1.165, 1.54) is 58.4 Å². The van der Waals surface area contributed by atoms with Crippen LogP contribution in [0, 0.1) is 28.9 Å². The van der Waals surface area contributed by atoms with Crippen molar-refractivity contribution >= 4 is 29.4 Å². The molecule has 298 valence electrons. The minimum absolute atomic E-state index is 0.0436. The molecule has 2 aromatic carbocycles. The number of methoxy groups -OCH3 is 2. The highest BCUT2D eigenvalue weighted by Crippen LogP contribution is 2.33. The van der Waals surface area contributed by atoms with Crippen LogP contribution in [0.3, 0.4) is 0 Å². The van der Waals surface area contributed by atoms with Gasteiger partial charge in [0.15, 0.2) is 17.3 Å². The molecule has 13 heteroatoms. The monoisotopic (exact) mass is 759 g/mol. The number of Topliss-reactive ketones (excluding diaryl/α,β-unsaturated/α-hetero) is 2. The third-order valence-electron chi connectivity index (χ3n) is 8.68. The summed E-state index contributed by atoms with van der Waals surface area (Å²) < 4.78 is 48.6. The van der Waals surface area contributed by atoms with Gasteiger partial charge in [0.2, 0.25) is 5.78 Å². The summed E-state index contributed by atoms with van der Waals surface area (Å²) in [6.07, 6.45) is 7.22. The zero-order chi connectivity index (χ0) is 40.6. The van der Waals surface area contributed by atoms with Crippen LogP contribution < -0.4 is 14.2 Å². The van der Waals surface area contributed by atoms with Gasteiger partial charge in [-0.2, -0.15) is 0 Å². The van der Waals surface area contributed by atoms with Crippen molar-refractivity contribution in [2.45, 2.75) is 92.5 Å². The zero-order valence-corrected chi connectivity index (χ0v) is 32.7. The van der Waals surface area contributed by atoms with Crippen molar-refractivity contribution in [1.29, 1.82) is 0 Å². The van der Waals surface area contributed by atoms with E-state index >= 15 is 0 Å². The summed E-state index contributed by atoms with van der Waals surface area (Å²) in [5, 5.41) is 9.26. The number of benzene rings is 2. The molecule has 0 spiro atoms. The molecule has 3 rings (SSSR count). The Balaban J connectivity index is 0.000000375. The summed E-state index contributed by atoms with van der Waals surface area (Å²) in [7, 11) is 2.97. The fraction of sp³-hybridized carbons (Fsp3) is 0.537. The van der Waals surface area contributed by atoms with Crippen LogP contribution in [0.4, 0.5) is 8.78 Å². The van der Waals surface area contributed by atoms with Gasteiger partial charge in [0.05, 0.1) is 19.6 Å². The first-order valence-electron chi connectivity index (χ1n) is 18.2. The third-order valence-corrected chi connectivity index (χ3v) is 8.68. The molecular weight excluding hydrogens is 704 g/mol. The number of hydrogen-bond acceptors (Lipinski definition) is 9. The number of likely N-dealkylation sites (tertiary alicyclic amines) is 1. The van der Waals surface area contributed by atoms with Crippen LogP contribution in [0.2, 0.25) is 0 Å². The average Bonchev–Trinajstić information content (AvgIpc) is 3.12. The third kappa shape index (κ3) is 14.5. The molecule has 1 amide bonds. The molecule has 1 fully saturated rings. The highest BCUT2D eigenvalue weighted by atomic mass is 19.1. The number of piperidine rings is 1. The first-order valence-corrected chi connectivity index (χ1v) is 18.2. The largest absolute Gasteiger partial charge is 0.493 e. The Bertz CT molecular complexity index is 1640. The van der Waals surface area contributed by atoms with Crippen molar-refractivity contribution in [3.8, 4) is 17.2 Å². The van der Waals surface area contributed by atoms with Gasteiger partial charge in [-0.15, -0.1) is 0 Å². The van der Waals surface area contributed by atoms with Crippen molar-refractivity contribution in [3.63, 3.8) is 0 Å². The Hall–Kier alpha value is -4.81. The van der Waals surface area contributed by atoms with Gasteiger partial charge >= 0.3 is 11.9 Å². The fourth-order valence-corrected chi connectivity index (χ4v) is 5.50. The van der Waals surface area contributed by atoms with Crippen LogP contribution in [0.25, 0.3) is 0 Å². The van der Waals surface area contributed by atoms with E-state index in [1.54, 1.807) is 26.0 Å². The number of carbonyl (C=O) groups excluding carboxylic acids is 4. The van der Waals surface area contributed by atoms with Crippen molar-refractivity contribution in [3.05, 3.63) is 65.2 Å². The molecule has 1 aliphatic heterocycles. The van der Waals surface area contributed by atoms with Gasteiger partial charge in [0, 0.05) is 36.2 Å². The van der Waals surface area contributed by atoms with Crippen LogP contribution >= 0.6 is 0 Å². The highest BCUT2D eigenvalue weighted by Gasteiger charge is 2.41. The summed E-state index contributed by atoms with van der Waals surface area (Å²) >= 11 is 0. The van der Waals surface area contributed by atoms with Crippen LogP contribution in [-0.4, -0.2) is 79.4 Å². The Labute approximate surface area is 317 Å². The molecule has 0 aromatic heterocycles. The smallest absolute Gasteiger partial charge is 0.330 e. The first-order chi connectivity index (χ1) is 25.4. The standard InChI is InChI=1S/C22H26F2O4.C19H29NO6/c1-14(2)20(25)13-28-19-9-15(8-17(23)11-19)6-5-7-16-10-18(24)12-21(26-3)22(16)27-4;1-13(2)8-7-10-15(21)26-12-19(3,4)16(22)17(23)20-11-6-5-9-14(20)18(24)25/h8-12,14H,5-7,13H2,1-4H3;7,10,13-14H,5-6,8-9,11-12H2,1-4H3,(H,24,25)/b;10-7-/t;14-/m.0/s1. The van der Waals surface area contributed by atoms with Gasteiger partial charge in [-0.1, -0.05) is 33.8 Å². The van der Waals surface area contributed by atoms with Crippen LogP contribution in [0.15, 0.2) is 42.5 Å². The number of esters is 1. The molecule has 11 nitrogen and oxygen atoms in total. The summed E-state index contributed by atoms with van der Waals surface area (Å²) in [6.45, 7) is 10.6. The van der Waals surface area contributed by atoms with E-state index in [0.717, 1.165) is 16.9 Å². The van der Waals surface area contributed by atoms with Crippen molar-refractivity contribution in [2.24, 2.45) is 17.3 Å². The quantitative estimate of drug-likeness (QED) is 0.0963. The highest BCUT2D eigenvalue weighted by molar-refractivity contribution is 6.38. The average molecular weight is 760 g/mol. The number of ether oxygens (including phenoxy) is 4. The number of aryl methyl sites for hydroxylation is 2. The number of carboxylic acids is 1. The Kier molecular flexibility index (Phi) is 18.3. The van der Waals surface area contributed by atoms with Gasteiger partial charge < -0.3 is 29.0 Å². The lowest BCUT2D eigenvalue weighted by atomic mass is 9.87. The summed E-state index contributed by atoms with van der Waals surface area (Å²) in [5.41, 5.74) is 0.211. The molecule has 0 aliphatic carbocycles. The number of halogens is 2. The normalized spacial score (nSPS) is 14.4. The lowest BCUT2D eigenvalue weighted by molar-refractivity contribution is -0.159. The number of amides is 1. The van der Waals surface area contributed by atoms with E-state index < -0.39 is 46.7 Å². The van der Waals surface area contributed by atoms with Crippen LogP contribution in [0.5, 0.6) is 17.2 Å². The van der Waals surface area contributed by atoms with Gasteiger partial charge in [-0.3, -0.25) is 14.4 Å². The van der Waals surface area contributed by atoms with E-state index in [1.807, 2.05) is 13.8 Å². The summed E-state index contributed by atoms with van der Waals surface area (Å²) in [4.78, 5) is 60.9. The van der Waals surface area contributed by atoms with Gasteiger partial charge in [-0.25, -0.2) is 18.4 Å². The molecule has 1 saturated heterocycles. The minimum atomic E-state index is -1.22. The molecule has 54 heavy (non-hydrogen) atoms. The molecule has 2 aromatic rings. The van der Waals surface area contributed by atoms with Crippen LogP contribution in [-0.2, 0) is 41.6 Å². The topological polar surface area (TPSA) is 146 Å². The van der Waals surface area contributed by atoms with E-state index in [9.17, 15) is 37.9 Å². The molecule has 1 aliphatic rings. The van der Waals surface area contributed by atoms with Crippen molar-refractivity contribution < 1.29 is 56.8 Å². The van der Waals surface area contributed by atoms with E-state index in [-0.39, 0.29) is 31.5 Å². The number of allylic oxidation sites excluding steroid dienone is 1. The molecular formula is C41H55F2NO10. The molecule has 0 bridgehead atoms. The minimum Gasteiger partial charge on any atom is -0.493 e. The lowest BCUT2D eigenvalue weighted by Gasteiger charge is -2.34. The fourth-order valence-electron chi connectivity index (χ4n) is 5.50. The zero-order valence-electron chi connectivity index (χ0n) is 32.7. The van der Waals surface area contributed by atoms with Gasteiger partial charge in [-0.05, 0) is 88.5 Å². The van der Waals surface area contributed by atoms with Crippen LogP contribution in [0.1, 0.15) is 84.8 Å². The molecule has 0 saturated carbocycles. The lowest BCUT2D eigenvalue weighted by Crippen LogP contribution is -2.53. The van der Waals surface area contributed by atoms with Crippen molar-refractivity contribution in [2.75, 3.05) is 34.0 Å². The molecule has 1 atom stereocenters. The Morgan fingerprint density at radius 3 is 2.24 bits per heavy atom. The first kappa shape index (κ1) is 45.3. The number of hydrogen-bond donors (Lipinski definition) is 1. The van der Waals surface area contributed by atoms with E-state index in [0.29, 0.717) is 67.3 Å². The number of carbonyl (C=O) groups is 5. The maximum Gasteiger partial charge on any atom is 0.330 e. The Morgan fingerprint density at radius 2 is 1.63 bits per heavy atom. The SMILES string of the molecule is CC(C)C/C=C\C(=O)OCC(C)(C)C(=O)C(=O)N1CCCC[C@H]1C(=O)O.COc1cc(F)cc(CCCc2cc(F)cc(OCC(=O)C(C)C)c2)c1OC. The second-order valence-electron chi connectivity index (χ2n) is 14.6. The number of nitrogens with zero attached hydrogens (tertiary/aromatic N) is 1. The summed E-state index contributed by atoms with van der Waals surface area (Å²) in [5.74, 6) is -2.66. The number of ketones is 2.